The maximum Gasteiger partial charge on any atom is 0.316 e. The summed E-state index contributed by atoms with van der Waals surface area (Å²) in [6.07, 6.45) is 1.61. The highest BCUT2D eigenvalue weighted by Gasteiger charge is 2.06. The molecule has 0 unspecified atom stereocenters. The van der Waals surface area contributed by atoms with Crippen LogP contribution < -0.4 is 11.1 Å². The predicted octanol–water partition coefficient (Wildman–Crippen LogP) is 2.89. The molecular weight excluding hydrogens is 238 g/mol. The van der Waals surface area contributed by atoms with Crippen LogP contribution in [0.3, 0.4) is 0 Å². The second kappa shape index (κ2) is 4.84. The minimum atomic E-state index is -0.599. The zero-order valence-electron chi connectivity index (χ0n) is 8.85. The maximum absolute atomic E-state index is 10.9. The number of urea groups is 1. The highest BCUT2D eigenvalue weighted by Crippen LogP contribution is 2.28. The summed E-state index contributed by atoms with van der Waals surface area (Å²) in [4.78, 5) is 14.8. The van der Waals surface area contributed by atoms with Crippen molar-refractivity contribution < 1.29 is 4.79 Å². The molecule has 1 heterocycles. The standard InChI is InChI=1S/C12H10ClN3O/c13-11-7-8(5-6-15-11)9-3-1-2-4-10(9)16-12(14)17/h1-7H,(H3,14,16,17). The first kappa shape index (κ1) is 11.4. The van der Waals surface area contributed by atoms with Gasteiger partial charge in [0.25, 0.3) is 0 Å². The van der Waals surface area contributed by atoms with Crippen LogP contribution in [-0.2, 0) is 0 Å². The molecule has 0 aliphatic heterocycles. The van der Waals surface area contributed by atoms with Gasteiger partial charge >= 0.3 is 6.03 Å². The summed E-state index contributed by atoms with van der Waals surface area (Å²) in [5, 5.41) is 2.97. The highest BCUT2D eigenvalue weighted by atomic mass is 35.5. The Kier molecular flexibility index (Phi) is 3.25. The van der Waals surface area contributed by atoms with E-state index in [2.05, 4.69) is 10.3 Å². The van der Waals surface area contributed by atoms with Gasteiger partial charge in [-0.15, -0.1) is 0 Å². The van der Waals surface area contributed by atoms with Crippen molar-refractivity contribution in [2.45, 2.75) is 0 Å². The van der Waals surface area contributed by atoms with Gasteiger partial charge in [-0.05, 0) is 23.8 Å². The van der Waals surface area contributed by atoms with E-state index in [9.17, 15) is 4.79 Å². The molecule has 0 spiro atoms. The summed E-state index contributed by atoms with van der Waals surface area (Å²) in [5.41, 5.74) is 7.47. The molecular formula is C12H10ClN3O. The molecule has 2 amide bonds. The summed E-state index contributed by atoms with van der Waals surface area (Å²) in [5.74, 6) is 0. The van der Waals surface area contributed by atoms with E-state index in [1.54, 1.807) is 18.3 Å². The first-order valence-corrected chi connectivity index (χ1v) is 5.32. The number of primary amides is 1. The maximum atomic E-state index is 10.9. The quantitative estimate of drug-likeness (QED) is 0.802. The molecule has 0 radical (unpaired) electrons. The number of anilines is 1. The molecule has 2 aromatic rings. The largest absolute Gasteiger partial charge is 0.351 e. The number of nitrogens with one attached hydrogen (secondary N) is 1. The molecule has 17 heavy (non-hydrogen) atoms. The Morgan fingerprint density at radius 2 is 2.06 bits per heavy atom. The number of hydrogen-bond acceptors (Lipinski definition) is 2. The van der Waals surface area contributed by atoms with Crippen LogP contribution in [0, 0.1) is 0 Å². The van der Waals surface area contributed by atoms with Gasteiger partial charge in [0.1, 0.15) is 5.15 Å². The van der Waals surface area contributed by atoms with Gasteiger partial charge in [-0.2, -0.15) is 0 Å². The molecule has 0 atom stereocenters. The van der Waals surface area contributed by atoms with Crippen LogP contribution in [0.2, 0.25) is 5.15 Å². The minimum Gasteiger partial charge on any atom is -0.351 e. The first-order chi connectivity index (χ1) is 8.16. The van der Waals surface area contributed by atoms with Crippen molar-refractivity contribution in [1.82, 2.24) is 4.98 Å². The van der Waals surface area contributed by atoms with Crippen LogP contribution in [0.5, 0.6) is 0 Å². The third-order valence-corrected chi connectivity index (χ3v) is 2.43. The molecule has 5 heteroatoms. The lowest BCUT2D eigenvalue weighted by molar-refractivity contribution is 0.259. The van der Waals surface area contributed by atoms with E-state index in [0.29, 0.717) is 10.8 Å². The van der Waals surface area contributed by atoms with E-state index in [-0.39, 0.29) is 0 Å². The lowest BCUT2D eigenvalue weighted by atomic mass is 10.1. The summed E-state index contributed by atoms with van der Waals surface area (Å²) < 4.78 is 0. The van der Waals surface area contributed by atoms with E-state index in [1.807, 2.05) is 24.3 Å². The zero-order chi connectivity index (χ0) is 12.3. The van der Waals surface area contributed by atoms with E-state index >= 15 is 0 Å². The molecule has 2 rings (SSSR count). The van der Waals surface area contributed by atoms with E-state index in [4.69, 9.17) is 17.3 Å². The summed E-state index contributed by atoms with van der Waals surface area (Å²) >= 11 is 5.83. The van der Waals surface area contributed by atoms with Gasteiger partial charge in [0, 0.05) is 11.8 Å². The molecule has 86 valence electrons. The average Bonchev–Trinajstić information content (AvgIpc) is 2.29. The summed E-state index contributed by atoms with van der Waals surface area (Å²) in [6, 6.07) is 10.3. The number of benzene rings is 1. The molecule has 0 bridgehead atoms. The number of amides is 2. The fourth-order valence-corrected chi connectivity index (χ4v) is 1.72. The zero-order valence-corrected chi connectivity index (χ0v) is 9.61. The SMILES string of the molecule is NC(=O)Nc1ccccc1-c1ccnc(Cl)c1. The smallest absolute Gasteiger partial charge is 0.316 e. The van der Waals surface area contributed by atoms with Crippen LogP contribution in [0.25, 0.3) is 11.1 Å². The lowest BCUT2D eigenvalue weighted by Gasteiger charge is -2.09. The minimum absolute atomic E-state index is 0.399. The number of hydrogen-bond donors (Lipinski definition) is 2. The van der Waals surface area contributed by atoms with Gasteiger partial charge in [0.05, 0.1) is 5.69 Å². The third-order valence-electron chi connectivity index (χ3n) is 2.22. The number of nitrogens with two attached hydrogens (primary N) is 1. The Morgan fingerprint density at radius 3 is 2.76 bits per heavy atom. The highest BCUT2D eigenvalue weighted by molar-refractivity contribution is 6.29. The molecule has 1 aromatic carbocycles. The van der Waals surface area contributed by atoms with Gasteiger partial charge in [-0.1, -0.05) is 29.8 Å². The van der Waals surface area contributed by atoms with Crippen LogP contribution in [0.15, 0.2) is 42.6 Å². The molecule has 4 nitrogen and oxygen atoms in total. The molecule has 3 N–H and O–H groups in total. The Bertz CT molecular complexity index is 557. The van der Waals surface area contributed by atoms with E-state index in [0.717, 1.165) is 11.1 Å². The number of nitrogens with zero attached hydrogens (tertiary/aromatic N) is 1. The molecule has 0 saturated carbocycles. The third kappa shape index (κ3) is 2.73. The van der Waals surface area contributed by atoms with Gasteiger partial charge in [-0.25, -0.2) is 9.78 Å². The molecule has 0 saturated heterocycles. The summed E-state index contributed by atoms with van der Waals surface area (Å²) in [7, 11) is 0. The molecule has 0 aliphatic rings. The molecule has 0 aliphatic carbocycles. The normalized spacial score (nSPS) is 9.94. The first-order valence-electron chi connectivity index (χ1n) is 4.94. The van der Waals surface area contributed by atoms with Crippen LogP contribution in [0.4, 0.5) is 10.5 Å². The second-order valence-corrected chi connectivity index (χ2v) is 3.79. The van der Waals surface area contributed by atoms with Gasteiger partial charge in [0.15, 0.2) is 0 Å². The number of pyridine rings is 1. The topological polar surface area (TPSA) is 68.0 Å². The fourth-order valence-electron chi connectivity index (χ4n) is 1.55. The fraction of sp³-hybridized carbons (Fsp3) is 0. The molecule has 1 aromatic heterocycles. The van der Waals surface area contributed by atoms with E-state index in [1.165, 1.54) is 0 Å². The number of carbonyl (C=O) groups excluding carboxylic acids is 1. The van der Waals surface area contributed by atoms with Crippen molar-refractivity contribution in [3.8, 4) is 11.1 Å². The van der Waals surface area contributed by atoms with Crippen molar-refractivity contribution in [2.75, 3.05) is 5.32 Å². The lowest BCUT2D eigenvalue weighted by Crippen LogP contribution is -2.19. The van der Waals surface area contributed by atoms with Gasteiger partial charge in [0.2, 0.25) is 0 Å². The van der Waals surface area contributed by atoms with Crippen LogP contribution in [-0.4, -0.2) is 11.0 Å². The van der Waals surface area contributed by atoms with Gasteiger partial charge in [-0.3, -0.25) is 0 Å². The Morgan fingerprint density at radius 1 is 1.29 bits per heavy atom. The van der Waals surface area contributed by atoms with Crippen molar-refractivity contribution >= 4 is 23.3 Å². The number of para-hydroxylation sites is 1. The number of carbonyl (C=O) groups is 1. The average molecular weight is 248 g/mol. The van der Waals surface area contributed by atoms with E-state index < -0.39 is 6.03 Å². The number of halogens is 1. The Labute approximate surface area is 103 Å². The second-order valence-electron chi connectivity index (χ2n) is 3.40. The van der Waals surface area contributed by atoms with Crippen molar-refractivity contribution in [2.24, 2.45) is 5.73 Å². The number of rotatable bonds is 2. The molecule has 0 fully saturated rings. The monoisotopic (exact) mass is 247 g/mol. The Balaban J connectivity index is 2.47. The van der Waals surface area contributed by atoms with Crippen molar-refractivity contribution in [1.29, 1.82) is 0 Å². The Hall–Kier alpha value is -2.07. The van der Waals surface area contributed by atoms with Crippen molar-refractivity contribution in [3.05, 3.63) is 47.7 Å². The summed E-state index contributed by atoms with van der Waals surface area (Å²) in [6.45, 7) is 0. The van der Waals surface area contributed by atoms with Crippen molar-refractivity contribution in [3.63, 3.8) is 0 Å². The number of aromatic nitrogens is 1. The van der Waals surface area contributed by atoms with Crippen LogP contribution in [0.1, 0.15) is 0 Å². The predicted molar refractivity (Wildman–Crippen MR) is 67.9 cm³/mol. The van der Waals surface area contributed by atoms with Gasteiger partial charge < -0.3 is 11.1 Å². The van der Waals surface area contributed by atoms with Crippen LogP contribution >= 0.6 is 11.6 Å².